The lowest BCUT2D eigenvalue weighted by Crippen LogP contribution is -2.40. The first kappa shape index (κ1) is 18.0. The zero-order valence-corrected chi connectivity index (χ0v) is 14.0. The first-order valence-corrected chi connectivity index (χ1v) is 7.99. The van der Waals surface area contributed by atoms with E-state index in [1.807, 2.05) is 20.8 Å². The van der Waals surface area contributed by atoms with Crippen molar-refractivity contribution in [1.82, 2.24) is 0 Å². The van der Waals surface area contributed by atoms with Gasteiger partial charge < -0.3 is 5.11 Å². The minimum Gasteiger partial charge on any atom is -0.389 e. The maximum absolute atomic E-state index is 12.5. The number of hydrogen-bond donors (Lipinski definition) is 1. The van der Waals surface area contributed by atoms with E-state index in [4.69, 9.17) is 11.6 Å². The van der Waals surface area contributed by atoms with Gasteiger partial charge in [-0.05, 0) is 43.4 Å². The van der Waals surface area contributed by atoms with Crippen LogP contribution in [-0.4, -0.2) is 22.9 Å². The van der Waals surface area contributed by atoms with Gasteiger partial charge in [0.05, 0.1) is 6.10 Å². The molecule has 0 aromatic carbocycles. The van der Waals surface area contributed by atoms with E-state index in [9.17, 15) is 9.90 Å². The first-order valence-electron chi connectivity index (χ1n) is 7.46. The van der Waals surface area contributed by atoms with Crippen molar-refractivity contribution < 1.29 is 9.90 Å². The summed E-state index contributed by atoms with van der Waals surface area (Å²) in [6, 6.07) is 0. The van der Waals surface area contributed by atoms with Gasteiger partial charge in [0.15, 0.2) is 0 Å². The number of unbranched alkanes of at least 4 members (excludes halogenated alkanes) is 1. The van der Waals surface area contributed by atoms with Gasteiger partial charge in [0.1, 0.15) is 0 Å². The SMILES string of the molecule is C=CC(O)C1CCC(C)=C(C(=O)C#CCCCCl)C1(C)C. The van der Waals surface area contributed by atoms with Crippen LogP contribution < -0.4 is 0 Å². The average molecular weight is 309 g/mol. The Morgan fingerprint density at radius 3 is 2.86 bits per heavy atom. The number of carbonyl (C=O) groups excluding carboxylic acids is 1. The van der Waals surface area contributed by atoms with Crippen LogP contribution >= 0.6 is 11.6 Å². The lowest BCUT2D eigenvalue weighted by atomic mass is 9.62. The fraction of sp³-hybridized carbons (Fsp3) is 0.611. The zero-order valence-electron chi connectivity index (χ0n) is 13.2. The molecule has 0 heterocycles. The van der Waals surface area contributed by atoms with Gasteiger partial charge in [-0.2, -0.15) is 0 Å². The van der Waals surface area contributed by atoms with Crippen LogP contribution in [0.5, 0.6) is 0 Å². The predicted molar refractivity (Wildman–Crippen MR) is 88.1 cm³/mol. The molecule has 0 saturated heterocycles. The van der Waals surface area contributed by atoms with Crippen molar-refractivity contribution >= 4 is 17.4 Å². The molecule has 2 nitrogen and oxygen atoms in total. The number of ketones is 1. The highest BCUT2D eigenvalue weighted by Gasteiger charge is 2.42. The Morgan fingerprint density at radius 1 is 1.62 bits per heavy atom. The van der Waals surface area contributed by atoms with Gasteiger partial charge in [0, 0.05) is 17.9 Å². The van der Waals surface area contributed by atoms with Crippen LogP contribution in [0.2, 0.25) is 0 Å². The summed E-state index contributed by atoms with van der Waals surface area (Å²) in [6.45, 7) is 9.69. The molecule has 0 aliphatic heterocycles. The van der Waals surface area contributed by atoms with Crippen molar-refractivity contribution in [3.05, 3.63) is 23.8 Å². The van der Waals surface area contributed by atoms with Crippen molar-refractivity contribution in [3.8, 4) is 11.8 Å². The molecule has 21 heavy (non-hydrogen) atoms. The molecule has 1 aliphatic carbocycles. The van der Waals surface area contributed by atoms with Crippen LogP contribution in [0.15, 0.2) is 23.8 Å². The van der Waals surface area contributed by atoms with E-state index >= 15 is 0 Å². The first-order chi connectivity index (χ1) is 9.86. The lowest BCUT2D eigenvalue weighted by Gasteiger charge is -2.42. The third-order valence-corrected chi connectivity index (χ3v) is 4.61. The van der Waals surface area contributed by atoms with Gasteiger partial charge in [0.2, 0.25) is 5.78 Å². The summed E-state index contributed by atoms with van der Waals surface area (Å²) in [5.74, 6) is 6.08. The maximum Gasteiger partial charge on any atom is 0.232 e. The van der Waals surface area contributed by atoms with Crippen LogP contribution in [0.25, 0.3) is 0 Å². The van der Waals surface area contributed by atoms with Gasteiger partial charge in [-0.15, -0.1) is 18.2 Å². The molecule has 0 aromatic rings. The van der Waals surface area contributed by atoms with Crippen LogP contribution in [0.4, 0.5) is 0 Å². The highest BCUT2D eigenvalue weighted by Crippen LogP contribution is 2.46. The van der Waals surface area contributed by atoms with Crippen molar-refractivity contribution in [2.24, 2.45) is 11.3 Å². The number of allylic oxidation sites excluding steroid dienone is 2. The molecule has 1 aliphatic rings. The van der Waals surface area contributed by atoms with E-state index in [1.165, 1.54) is 0 Å². The van der Waals surface area contributed by atoms with E-state index < -0.39 is 11.5 Å². The van der Waals surface area contributed by atoms with Gasteiger partial charge in [-0.25, -0.2) is 0 Å². The Hall–Kier alpha value is -1.04. The number of halogens is 1. The molecule has 2 unspecified atom stereocenters. The summed E-state index contributed by atoms with van der Waals surface area (Å²) >= 11 is 5.60. The number of carbonyl (C=O) groups is 1. The molecule has 0 spiro atoms. The molecule has 3 heteroatoms. The molecule has 1 rings (SSSR count). The van der Waals surface area contributed by atoms with Gasteiger partial charge in [-0.1, -0.05) is 31.4 Å². The quantitative estimate of drug-likeness (QED) is 0.275. The monoisotopic (exact) mass is 308 g/mol. The molecule has 0 bridgehead atoms. The molecule has 0 fully saturated rings. The van der Waals surface area contributed by atoms with Gasteiger partial charge >= 0.3 is 0 Å². The number of Topliss-reactive ketones (excluding diaryl/α,β-unsaturated/α-hetero) is 1. The Kier molecular flexibility index (Phi) is 6.71. The number of hydrogen-bond acceptors (Lipinski definition) is 2. The Balaban J connectivity index is 3.03. The van der Waals surface area contributed by atoms with E-state index in [2.05, 4.69) is 18.4 Å². The molecule has 2 atom stereocenters. The number of aliphatic hydroxyl groups is 1. The van der Waals surface area contributed by atoms with E-state index in [0.29, 0.717) is 12.3 Å². The largest absolute Gasteiger partial charge is 0.389 e. The Bertz CT molecular complexity index is 491. The number of rotatable bonds is 5. The van der Waals surface area contributed by atoms with Gasteiger partial charge in [0.25, 0.3) is 0 Å². The highest BCUT2D eigenvalue weighted by molar-refractivity contribution is 6.17. The van der Waals surface area contributed by atoms with Crippen LogP contribution in [0.3, 0.4) is 0 Å². The normalized spacial score (nSPS) is 22.2. The molecule has 116 valence electrons. The molecule has 1 N–H and O–H groups in total. The smallest absolute Gasteiger partial charge is 0.232 e. The zero-order chi connectivity index (χ0) is 16.0. The van der Waals surface area contributed by atoms with E-state index in [1.54, 1.807) is 6.08 Å². The second-order valence-electron chi connectivity index (χ2n) is 6.17. The molecule has 0 amide bonds. The predicted octanol–water partition coefficient (Wildman–Crippen LogP) is 3.88. The van der Waals surface area contributed by atoms with Crippen LogP contribution in [0, 0.1) is 23.2 Å². The summed E-state index contributed by atoms with van der Waals surface area (Å²) in [7, 11) is 0. The minimum absolute atomic E-state index is 0.00212. The summed E-state index contributed by atoms with van der Waals surface area (Å²) < 4.78 is 0. The average Bonchev–Trinajstić information content (AvgIpc) is 2.42. The number of alkyl halides is 1. The Labute approximate surface area is 133 Å². The van der Waals surface area contributed by atoms with Crippen LogP contribution in [-0.2, 0) is 4.79 Å². The molecule has 0 aromatic heterocycles. The minimum atomic E-state index is -0.597. The summed E-state index contributed by atoms with van der Waals surface area (Å²) in [5.41, 5.74) is 1.45. The maximum atomic E-state index is 12.5. The summed E-state index contributed by atoms with van der Waals surface area (Å²) in [4.78, 5) is 12.5. The van der Waals surface area contributed by atoms with Crippen molar-refractivity contribution in [2.45, 2.75) is 52.6 Å². The molecule has 0 saturated carbocycles. The lowest BCUT2D eigenvalue weighted by molar-refractivity contribution is -0.112. The fourth-order valence-electron chi connectivity index (χ4n) is 3.20. The van der Waals surface area contributed by atoms with E-state index in [0.717, 1.165) is 30.4 Å². The summed E-state index contributed by atoms with van der Waals surface area (Å²) in [6.07, 6.45) is 4.08. The second kappa shape index (κ2) is 7.82. The van der Waals surface area contributed by atoms with Crippen LogP contribution in [0.1, 0.15) is 46.5 Å². The standard InChI is InChI=1S/C18H25ClO2/c1-5-15(20)14-11-10-13(2)17(18(14,3)4)16(21)9-7-6-8-12-19/h5,14-15,20H,1,6,8,10-12H2,2-4H3. The molecular weight excluding hydrogens is 284 g/mol. The van der Waals surface area contributed by atoms with Crippen molar-refractivity contribution in [2.75, 3.05) is 5.88 Å². The fourth-order valence-corrected chi connectivity index (χ4v) is 3.34. The Morgan fingerprint density at radius 2 is 2.29 bits per heavy atom. The number of aliphatic hydroxyl groups excluding tert-OH is 1. The van der Waals surface area contributed by atoms with Crippen molar-refractivity contribution in [1.29, 1.82) is 0 Å². The molecule has 0 radical (unpaired) electrons. The van der Waals surface area contributed by atoms with Crippen molar-refractivity contribution in [3.63, 3.8) is 0 Å². The molecular formula is C18H25ClO2. The van der Waals surface area contributed by atoms with E-state index in [-0.39, 0.29) is 11.7 Å². The second-order valence-corrected chi connectivity index (χ2v) is 6.55. The topological polar surface area (TPSA) is 37.3 Å². The summed E-state index contributed by atoms with van der Waals surface area (Å²) in [5, 5.41) is 10.1. The van der Waals surface area contributed by atoms with Gasteiger partial charge in [-0.3, -0.25) is 4.79 Å². The highest BCUT2D eigenvalue weighted by atomic mass is 35.5. The third-order valence-electron chi connectivity index (χ3n) is 4.35. The third kappa shape index (κ3) is 4.22.